The smallest absolute Gasteiger partial charge is 0.166 e. The molecular weight excluding hydrogens is 242 g/mol. The van der Waals surface area contributed by atoms with Crippen LogP contribution in [-0.2, 0) is 0 Å². The fourth-order valence-corrected chi connectivity index (χ4v) is 2.35. The van der Waals surface area contributed by atoms with Crippen LogP contribution in [0.5, 0.6) is 0 Å². The SMILES string of the molecule is N#CCCCSc1nc2ccc(Cl)cc2[nH]1. The molecule has 0 atom stereocenters. The predicted octanol–water partition coefficient (Wildman–Crippen LogP) is 3.61. The van der Waals surface area contributed by atoms with E-state index in [0.29, 0.717) is 11.4 Å². The Balaban J connectivity index is 2.06. The second-order valence-electron chi connectivity index (χ2n) is 3.31. The maximum Gasteiger partial charge on any atom is 0.166 e. The molecule has 0 aliphatic carbocycles. The Morgan fingerprint density at radius 2 is 2.38 bits per heavy atom. The minimum absolute atomic E-state index is 0.596. The summed E-state index contributed by atoms with van der Waals surface area (Å²) in [5, 5.41) is 10.0. The maximum atomic E-state index is 8.41. The number of H-pyrrole nitrogens is 1. The Morgan fingerprint density at radius 3 is 3.19 bits per heavy atom. The lowest BCUT2D eigenvalue weighted by Crippen LogP contribution is -1.80. The Bertz CT molecular complexity index is 529. The highest BCUT2D eigenvalue weighted by molar-refractivity contribution is 7.99. The van der Waals surface area contributed by atoms with Gasteiger partial charge < -0.3 is 4.98 Å². The van der Waals surface area contributed by atoms with Crippen LogP contribution in [0, 0.1) is 11.3 Å². The molecule has 82 valence electrons. The first-order valence-corrected chi connectivity index (χ1v) is 6.31. The van der Waals surface area contributed by atoms with E-state index in [4.69, 9.17) is 16.9 Å². The van der Waals surface area contributed by atoms with Crippen molar-refractivity contribution in [1.29, 1.82) is 5.26 Å². The molecule has 0 radical (unpaired) electrons. The van der Waals surface area contributed by atoms with E-state index >= 15 is 0 Å². The summed E-state index contributed by atoms with van der Waals surface area (Å²) < 4.78 is 0. The number of nitrogens with zero attached hydrogens (tertiary/aromatic N) is 2. The fraction of sp³-hybridized carbons (Fsp3) is 0.273. The third-order valence-electron chi connectivity index (χ3n) is 2.09. The third kappa shape index (κ3) is 2.69. The van der Waals surface area contributed by atoms with Crippen LogP contribution in [0.3, 0.4) is 0 Å². The molecule has 0 bridgehead atoms. The van der Waals surface area contributed by atoms with Crippen LogP contribution in [0.1, 0.15) is 12.8 Å². The van der Waals surface area contributed by atoms with Gasteiger partial charge in [0.05, 0.1) is 17.1 Å². The molecule has 1 aromatic carbocycles. The molecule has 0 aliphatic rings. The lowest BCUT2D eigenvalue weighted by atomic mass is 10.3. The van der Waals surface area contributed by atoms with E-state index < -0.39 is 0 Å². The van der Waals surface area contributed by atoms with E-state index in [-0.39, 0.29) is 0 Å². The van der Waals surface area contributed by atoms with Crippen molar-refractivity contribution in [3.05, 3.63) is 23.2 Å². The van der Waals surface area contributed by atoms with Gasteiger partial charge in [-0.05, 0) is 24.6 Å². The first-order valence-electron chi connectivity index (χ1n) is 4.94. The Labute approximate surface area is 103 Å². The molecular formula is C11H10ClN3S. The number of nitrogens with one attached hydrogen (secondary N) is 1. The molecule has 1 heterocycles. The van der Waals surface area contributed by atoms with Gasteiger partial charge in [0, 0.05) is 17.2 Å². The van der Waals surface area contributed by atoms with Crippen LogP contribution < -0.4 is 0 Å². The molecule has 2 rings (SSSR count). The number of halogens is 1. The number of hydrogen-bond donors (Lipinski definition) is 1. The van der Waals surface area contributed by atoms with Crippen LogP contribution in [-0.4, -0.2) is 15.7 Å². The molecule has 0 amide bonds. The maximum absolute atomic E-state index is 8.41. The molecule has 1 aromatic heterocycles. The lowest BCUT2D eigenvalue weighted by Gasteiger charge is -1.92. The van der Waals surface area contributed by atoms with E-state index in [1.165, 1.54) is 0 Å². The molecule has 0 aliphatic heterocycles. The average molecular weight is 252 g/mol. The Hall–Kier alpha value is -1.18. The summed E-state index contributed by atoms with van der Waals surface area (Å²) >= 11 is 7.51. The van der Waals surface area contributed by atoms with Crippen molar-refractivity contribution in [2.45, 2.75) is 18.0 Å². The average Bonchev–Trinajstić information content (AvgIpc) is 2.66. The number of hydrogen-bond acceptors (Lipinski definition) is 3. The molecule has 16 heavy (non-hydrogen) atoms. The van der Waals surface area contributed by atoms with Crippen molar-refractivity contribution < 1.29 is 0 Å². The highest BCUT2D eigenvalue weighted by Gasteiger charge is 2.03. The Morgan fingerprint density at radius 1 is 1.50 bits per heavy atom. The van der Waals surface area contributed by atoms with E-state index in [2.05, 4.69) is 16.0 Å². The van der Waals surface area contributed by atoms with Crippen molar-refractivity contribution in [3.63, 3.8) is 0 Å². The van der Waals surface area contributed by atoms with Gasteiger partial charge in [-0.2, -0.15) is 5.26 Å². The first kappa shape index (κ1) is 11.3. The summed E-state index contributed by atoms with van der Waals surface area (Å²) in [4.78, 5) is 7.62. The quantitative estimate of drug-likeness (QED) is 0.667. The highest BCUT2D eigenvalue weighted by atomic mass is 35.5. The van der Waals surface area contributed by atoms with Crippen molar-refractivity contribution >= 4 is 34.4 Å². The standard InChI is InChI=1S/C11H10ClN3S/c12-8-3-4-9-10(7-8)15-11(14-9)16-6-2-1-5-13/h3-4,7H,1-2,6H2,(H,14,15). The molecule has 2 aromatic rings. The van der Waals surface area contributed by atoms with Crippen LogP contribution in [0.15, 0.2) is 23.4 Å². The monoisotopic (exact) mass is 251 g/mol. The summed E-state index contributed by atoms with van der Waals surface area (Å²) in [5.41, 5.74) is 1.88. The summed E-state index contributed by atoms with van der Waals surface area (Å²) in [6.07, 6.45) is 1.48. The van der Waals surface area contributed by atoms with Gasteiger partial charge in [0.25, 0.3) is 0 Å². The number of nitriles is 1. The minimum Gasteiger partial charge on any atom is -0.333 e. The van der Waals surface area contributed by atoms with Crippen molar-refractivity contribution in [2.75, 3.05) is 5.75 Å². The number of imidazole rings is 1. The number of aromatic nitrogens is 2. The summed E-state index contributed by atoms with van der Waals surface area (Å²) in [6.45, 7) is 0. The van der Waals surface area contributed by atoms with Crippen LogP contribution in [0.4, 0.5) is 0 Å². The number of benzene rings is 1. The first-order chi connectivity index (χ1) is 7.79. The molecule has 0 fully saturated rings. The van der Waals surface area contributed by atoms with E-state index in [9.17, 15) is 0 Å². The zero-order valence-corrected chi connectivity index (χ0v) is 10.1. The van der Waals surface area contributed by atoms with E-state index in [0.717, 1.165) is 28.4 Å². The molecule has 0 unspecified atom stereocenters. The lowest BCUT2D eigenvalue weighted by molar-refractivity contribution is 0.972. The molecule has 1 N–H and O–H groups in total. The fourth-order valence-electron chi connectivity index (χ4n) is 1.35. The summed E-state index contributed by atoms with van der Waals surface area (Å²) in [6, 6.07) is 7.72. The highest BCUT2D eigenvalue weighted by Crippen LogP contribution is 2.22. The number of fused-ring (bicyclic) bond motifs is 1. The number of rotatable bonds is 4. The van der Waals surface area contributed by atoms with Crippen molar-refractivity contribution in [1.82, 2.24) is 9.97 Å². The second kappa shape index (κ2) is 5.24. The molecule has 0 saturated carbocycles. The third-order valence-corrected chi connectivity index (χ3v) is 3.29. The van der Waals surface area contributed by atoms with E-state index in [1.54, 1.807) is 11.8 Å². The minimum atomic E-state index is 0.596. The van der Waals surface area contributed by atoms with Crippen molar-refractivity contribution in [3.8, 4) is 6.07 Å². The van der Waals surface area contributed by atoms with Gasteiger partial charge in [0.2, 0.25) is 0 Å². The summed E-state index contributed by atoms with van der Waals surface area (Å²) in [7, 11) is 0. The number of thioether (sulfide) groups is 1. The van der Waals surface area contributed by atoms with Gasteiger partial charge in [-0.25, -0.2) is 4.98 Å². The van der Waals surface area contributed by atoms with Crippen LogP contribution in [0.2, 0.25) is 5.02 Å². The van der Waals surface area contributed by atoms with Gasteiger partial charge in [0.1, 0.15) is 0 Å². The van der Waals surface area contributed by atoms with Gasteiger partial charge >= 0.3 is 0 Å². The van der Waals surface area contributed by atoms with Gasteiger partial charge in [-0.1, -0.05) is 23.4 Å². The number of unbranched alkanes of at least 4 members (excludes halogenated alkanes) is 1. The van der Waals surface area contributed by atoms with Crippen LogP contribution in [0.25, 0.3) is 11.0 Å². The van der Waals surface area contributed by atoms with Gasteiger partial charge in [-0.3, -0.25) is 0 Å². The topological polar surface area (TPSA) is 52.5 Å². The summed E-state index contributed by atoms with van der Waals surface area (Å²) in [5.74, 6) is 0.904. The second-order valence-corrected chi connectivity index (χ2v) is 4.83. The predicted molar refractivity (Wildman–Crippen MR) is 66.7 cm³/mol. The zero-order chi connectivity index (χ0) is 11.4. The van der Waals surface area contributed by atoms with Crippen LogP contribution >= 0.6 is 23.4 Å². The number of aromatic amines is 1. The normalized spacial score (nSPS) is 10.5. The van der Waals surface area contributed by atoms with Gasteiger partial charge in [0.15, 0.2) is 5.16 Å². The molecule has 0 spiro atoms. The largest absolute Gasteiger partial charge is 0.333 e. The molecule has 0 saturated heterocycles. The van der Waals surface area contributed by atoms with Crippen molar-refractivity contribution in [2.24, 2.45) is 0 Å². The molecule has 3 nitrogen and oxygen atoms in total. The Kier molecular flexibility index (Phi) is 3.70. The molecule has 5 heteroatoms. The van der Waals surface area contributed by atoms with Gasteiger partial charge in [-0.15, -0.1) is 0 Å². The zero-order valence-electron chi connectivity index (χ0n) is 8.53. The van der Waals surface area contributed by atoms with E-state index in [1.807, 2.05) is 18.2 Å².